The van der Waals surface area contributed by atoms with Crippen LogP contribution in [0.25, 0.3) is 0 Å². The molecule has 0 N–H and O–H groups in total. The van der Waals surface area contributed by atoms with Crippen LogP contribution in [0, 0.1) is 17.8 Å². The summed E-state index contributed by atoms with van der Waals surface area (Å²) in [5.74, 6) is 1.48. The standard InChI is InChI=1S/C17H30O3S/c1-10(2)13-6-5-11(3)9-15(13)20-17(18)12(4)19-14-7-8-16(14)21/h10-16,21H,5-9H2,1-4H3/t11-,12?,13+,14+,15-,16?/m1/s1. The normalized spacial score (nSPS) is 37.9. The van der Waals surface area contributed by atoms with Crippen molar-refractivity contribution in [1.29, 1.82) is 0 Å². The van der Waals surface area contributed by atoms with Gasteiger partial charge in [-0.15, -0.1) is 0 Å². The monoisotopic (exact) mass is 314 g/mol. The predicted molar refractivity (Wildman–Crippen MR) is 87.6 cm³/mol. The summed E-state index contributed by atoms with van der Waals surface area (Å²) >= 11 is 4.43. The quantitative estimate of drug-likeness (QED) is 0.618. The molecule has 0 amide bonds. The molecule has 0 spiro atoms. The van der Waals surface area contributed by atoms with Gasteiger partial charge in [-0.25, -0.2) is 4.79 Å². The minimum absolute atomic E-state index is 0.0560. The number of hydrogen-bond acceptors (Lipinski definition) is 4. The van der Waals surface area contributed by atoms with E-state index in [1.807, 2.05) is 0 Å². The minimum Gasteiger partial charge on any atom is -0.460 e. The van der Waals surface area contributed by atoms with Gasteiger partial charge in [0.15, 0.2) is 6.10 Å². The van der Waals surface area contributed by atoms with Crippen LogP contribution >= 0.6 is 12.6 Å². The molecule has 0 aliphatic heterocycles. The Labute approximate surface area is 134 Å². The van der Waals surface area contributed by atoms with E-state index >= 15 is 0 Å². The van der Waals surface area contributed by atoms with Gasteiger partial charge in [-0.05, 0) is 50.4 Å². The molecule has 0 saturated heterocycles. The molecule has 2 unspecified atom stereocenters. The van der Waals surface area contributed by atoms with E-state index in [2.05, 4.69) is 33.4 Å². The first-order valence-electron chi connectivity index (χ1n) is 8.42. The van der Waals surface area contributed by atoms with Crippen LogP contribution in [0.3, 0.4) is 0 Å². The molecular weight excluding hydrogens is 284 g/mol. The molecule has 0 heterocycles. The predicted octanol–water partition coefficient (Wildman–Crippen LogP) is 3.86. The van der Waals surface area contributed by atoms with E-state index in [0.29, 0.717) is 17.8 Å². The number of carbonyl (C=O) groups is 1. The Bertz CT molecular complexity index is 358. The summed E-state index contributed by atoms with van der Waals surface area (Å²) in [6.07, 6.45) is 5.16. The molecule has 2 aliphatic rings. The molecule has 0 radical (unpaired) electrons. The molecule has 0 aromatic heterocycles. The van der Waals surface area contributed by atoms with Crippen molar-refractivity contribution >= 4 is 18.6 Å². The summed E-state index contributed by atoms with van der Waals surface area (Å²) in [5.41, 5.74) is 0. The minimum atomic E-state index is -0.477. The Balaban J connectivity index is 1.86. The van der Waals surface area contributed by atoms with Crippen molar-refractivity contribution in [3.63, 3.8) is 0 Å². The average molecular weight is 314 g/mol. The van der Waals surface area contributed by atoms with Gasteiger partial charge in [-0.2, -0.15) is 12.6 Å². The highest BCUT2D eigenvalue weighted by Crippen LogP contribution is 2.36. The zero-order valence-corrected chi connectivity index (χ0v) is 14.6. The average Bonchev–Trinajstić information content (AvgIpc) is 2.42. The van der Waals surface area contributed by atoms with Crippen LogP contribution in [-0.2, 0) is 14.3 Å². The van der Waals surface area contributed by atoms with Gasteiger partial charge in [0.25, 0.3) is 0 Å². The van der Waals surface area contributed by atoms with E-state index < -0.39 is 6.10 Å². The SMILES string of the molecule is CC(O[C@H]1CCC1S)C(=O)O[C@@H]1C[C@H](C)CC[C@H]1C(C)C. The van der Waals surface area contributed by atoms with Crippen molar-refractivity contribution in [2.75, 3.05) is 0 Å². The van der Waals surface area contributed by atoms with E-state index in [4.69, 9.17) is 9.47 Å². The molecule has 2 aliphatic carbocycles. The van der Waals surface area contributed by atoms with Crippen LogP contribution in [-0.4, -0.2) is 29.5 Å². The van der Waals surface area contributed by atoms with E-state index in [-0.39, 0.29) is 23.4 Å². The number of esters is 1. The third-order valence-corrected chi connectivity index (χ3v) is 5.71. The van der Waals surface area contributed by atoms with E-state index in [1.54, 1.807) is 6.92 Å². The lowest BCUT2D eigenvalue weighted by Crippen LogP contribution is -2.42. The molecule has 21 heavy (non-hydrogen) atoms. The lowest BCUT2D eigenvalue weighted by Gasteiger charge is -2.38. The largest absolute Gasteiger partial charge is 0.460 e. The molecule has 3 nitrogen and oxygen atoms in total. The van der Waals surface area contributed by atoms with Gasteiger partial charge >= 0.3 is 5.97 Å². The Morgan fingerprint density at radius 2 is 1.81 bits per heavy atom. The Morgan fingerprint density at radius 3 is 2.33 bits per heavy atom. The van der Waals surface area contributed by atoms with E-state index in [9.17, 15) is 4.79 Å². The topological polar surface area (TPSA) is 35.5 Å². The van der Waals surface area contributed by atoms with Crippen molar-refractivity contribution < 1.29 is 14.3 Å². The van der Waals surface area contributed by atoms with Crippen LogP contribution in [0.4, 0.5) is 0 Å². The zero-order chi connectivity index (χ0) is 15.6. The smallest absolute Gasteiger partial charge is 0.335 e. The van der Waals surface area contributed by atoms with Crippen molar-refractivity contribution in [3.8, 4) is 0 Å². The van der Waals surface area contributed by atoms with Crippen LogP contribution in [0.15, 0.2) is 0 Å². The number of carbonyl (C=O) groups excluding carboxylic acids is 1. The van der Waals surface area contributed by atoms with Gasteiger partial charge in [0.2, 0.25) is 0 Å². The zero-order valence-electron chi connectivity index (χ0n) is 13.7. The first-order chi connectivity index (χ1) is 9.88. The molecule has 2 fully saturated rings. The molecule has 122 valence electrons. The number of thiol groups is 1. The highest BCUT2D eigenvalue weighted by atomic mass is 32.1. The van der Waals surface area contributed by atoms with Gasteiger partial charge in [0, 0.05) is 5.25 Å². The molecule has 2 rings (SSSR count). The maximum Gasteiger partial charge on any atom is 0.335 e. The number of ether oxygens (including phenoxy) is 2. The Hall–Kier alpha value is -0.220. The van der Waals surface area contributed by atoms with Crippen molar-refractivity contribution in [2.45, 2.75) is 83.4 Å². The highest BCUT2D eigenvalue weighted by Gasteiger charge is 2.36. The summed E-state index contributed by atoms with van der Waals surface area (Å²) in [7, 11) is 0. The van der Waals surface area contributed by atoms with Crippen molar-refractivity contribution in [3.05, 3.63) is 0 Å². The molecule has 6 atom stereocenters. The van der Waals surface area contributed by atoms with Crippen molar-refractivity contribution in [2.24, 2.45) is 17.8 Å². The fourth-order valence-corrected chi connectivity index (χ4v) is 3.79. The molecular formula is C17H30O3S. The number of hydrogen-bond donors (Lipinski definition) is 1. The first kappa shape index (κ1) is 17.1. The van der Waals surface area contributed by atoms with Gasteiger partial charge < -0.3 is 9.47 Å². The maximum absolute atomic E-state index is 12.3. The number of rotatable bonds is 5. The summed E-state index contributed by atoms with van der Waals surface area (Å²) in [4.78, 5) is 12.3. The fourth-order valence-electron chi connectivity index (χ4n) is 3.42. The van der Waals surface area contributed by atoms with Gasteiger partial charge in [-0.3, -0.25) is 0 Å². The van der Waals surface area contributed by atoms with E-state index in [0.717, 1.165) is 25.7 Å². The molecule has 0 aromatic carbocycles. The highest BCUT2D eigenvalue weighted by molar-refractivity contribution is 7.81. The summed E-state index contributed by atoms with van der Waals surface area (Å²) < 4.78 is 11.6. The van der Waals surface area contributed by atoms with E-state index in [1.165, 1.54) is 6.42 Å². The second-order valence-electron chi connectivity index (χ2n) is 7.26. The second-order valence-corrected chi connectivity index (χ2v) is 7.93. The molecule has 0 aromatic rings. The lowest BCUT2D eigenvalue weighted by molar-refractivity contribution is -0.173. The third kappa shape index (κ3) is 4.38. The van der Waals surface area contributed by atoms with Gasteiger partial charge in [0.1, 0.15) is 6.10 Å². The Kier molecular flexibility index (Phi) is 6.01. The van der Waals surface area contributed by atoms with Crippen LogP contribution in [0.2, 0.25) is 0 Å². The van der Waals surface area contributed by atoms with Gasteiger partial charge in [-0.1, -0.05) is 27.2 Å². The third-order valence-electron chi connectivity index (χ3n) is 5.12. The summed E-state index contributed by atoms with van der Waals surface area (Å²) in [6, 6.07) is 0. The molecule has 4 heteroatoms. The van der Waals surface area contributed by atoms with Crippen LogP contribution in [0.1, 0.15) is 59.8 Å². The lowest BCUT2D eigenvalue weighted by atomic mass is 9.75. The van der Waals surface area contributed by atoms with Gasteiger partial charge in [0.05, 0.1) is 6.10 Å². The fraction of sp³-hybridized carbons (Fsp3) is 0.941. The Morgan fingerprint density at radius 1 is 1.10 bits per heavy atom. The van der Waals surface area contributed by atoms with Crippen molar-refractivity contribution in [1.82, 2.24) is 0 Å². The summed E-state index contributed by atoms with van der Waals surface area (Å²) in [5, 5.41) is 0.276. The molecule has 0 bridgehead atoms. The second kappa shape index (κ2) is 7.36. The maximum atomic E-state index is 12.3. The first-order valence-corrected chi connectivity index (χ1v) is 8.94. The van der Waals surface area contributed by atoms with Crippen LogP contribution < -0.4 is 0 Å². The van der Waals surface area contributed by atoms with Crippen LogP contribution in [0.5, 0.6) is 0 Å². The summed E-state index contributed by atoms with van der Waals surface area (Å²) in [6.45, 7) is 8.50. The molecule has 2 saturated carbocycles.